The molecule has 3 rings (SSSR count). The summed E-state index contributed by atoms with van der Waals surface area (Å²) in [6.45, 7) is 10.5. The second-order valence-corrected chi connectivity index (χ2v) is 8.46. The first-order chi connectivity index (χ1) is 14.6. The molecule has 5 nitrogen and oxygen atoms in total. The summed E-state index contributed by atoms with van der Waals surface area (Å²) in [5.41, 5.74) is 7.58. The minimum Gasteiger partial charge on any atom is -0.318 e. The number of hydrogen-bond acceptors (Lipinski definition) is 3. The Kier molecular flexibility index (Phi) is 6.07. The van der Waals surface area contributed by atoms with Gasteiger partial charge in [0.15, 0.2) is 0 Å². The number of carbonyl (C=O) groups excluding carboxylic acids is 1. The summed E-state index contributed by atoms with van der Waals surface area (Å²) in [5, 5.41) is 12.8. The summed E-state index contributed by atoms with van der Waals surface area (Å²) in [6, 6.07) is 15.9. The quantitative estimate of drug-likeness (QED) is 0.471. The predicted molar refractivity (Wildman–Crippen MR) is 120 cm³/mol. The number of nitrogens with one attached hydrogen (secondary N) is 1. The zero-order valence-corrected chi connectivity index (χ0v) is 18.3. The van der Waals surface area contributed by atoms with Gasteiger partial charge in [-0.1, -0.05) is 32.9 Å². The molecule has 0 atom stereocenters. The van der Waals surface area contributed by atoms with Crippen LogP contribution in [0.5, 0.6) is 0 Å². The van der Waals surface area contributed by atoms with Gasteiger partial charge in [0, 0.05) is 22.6 Å². The molecule has 1 heterocycles. The molecule has 0 spiro atoms. The van der Waals surface area contributed by atoms with Crippen molar-refractivity contribution in [2.24, 2.45) is 5.10 Å². The Morgan fingerprint density at radius 2 is 1.81 bits per heavy atom. The maximum Gasteiger partial charge on any atom is 0.274 e. The third-order valence-electron chi connectivity index (χ3n) is 5.17. The lowest BCUT2D eigenvalue weighted by Gasteiger charge is -2.20. The number of hydrogen-bond donors (Lipinski definition) is 1. The molecule has 0 saturated carbocycles. The van der Waals surface area contributed by atoms with Gasteiger partial charge < -0.3 is 4.57 Å². The van der Waals surface area contributed by atoms with Gasteiger partial charge in [0.25, 0.3) is 5.91 Å². The largest absolute Gasteiger partial charge is 0.318 e. The molecule has 3 aromatic rings. The lowest BCUT2D eigenvalue weighted by molar-refractivity contribution is 0.0951. The fraction of sp³-hybridized carbons (Fsp3) is 0.240. The molecule has 6 heteroatoms. The number of halogens is 1. The first-order valence-corrected chi connectivity index (χ1v) is 9.94. The first kappa shape index (κ1) is 22.0. The van der Waals surface area contributed by atoms with Crippen LogP contribution >= 0.6 is 0 Å². The molecule has 0 aliphatic carbocycles. The summed E-state index contributed by atoms with van der Waals surface area (Å²) in [5.74, 6) is -1.44. The highest BCUT2D eigenvalue weighted by atomic mass is 19.1. The smallest absolute Gasteiger partial charge is 0.274 e. The zero-order chi connectivity index (χ0) is 22.8. The van der Waals surface area contributed by atoms with Gasteiger partial charge in [-0.15, -0.1) is 0 Å². The van der Waals surface area contributed by atoms with Crippen LogP contribution in [0.15, 0.2) is 53.6 Å². The Balaban J connectivity index is 1.79. The lowest BCUT2D eigenvalue weighted by atomic mass is 9.87. The van der Waals surface area contributed by atoms with E-state index in [1.54, 1.807) is 6.21 Å². The summed E-state index contributed by atoms with van der Waals surface area (Å²) < 4.78 is 16.1. The maximum absolute atomic E-state index is 14.0. The molecule has 1 N–H and O–H groups in total. The van der Waals surface area contributed by atoms with Crippen molar-refractivity contribution in [2.45, 2.75) is 40.0 Å². The van der Waals surface area contributed by atoms with Gasteiger partial charge in [0.1, 0.15) is 5.82 Å². The van der Waals surface area contributed by atoms with E-state index in [9.17, 15) is 9.18 Å². The molecular formula is C25H25FN4O. The van der Waals surface area contributed by atoms with E-state index in [1.807, 2.05) is 26.0 Å². The number of nitrogens with zero attached hydrogens (tertiary/aromatic N) is 3. The van der Waals surface area contributed by atoms with Gasteiger partial charge in [0.05, 0.1) is 23.4 Å². The second kappa shape index (κ2) is 8.57. The second-order valence-electron chi connectivity index (χ2n) is 8.46. The Morgan fingerprint density at radius 3 is 2.39 bits per heavy atom. The van der Waals surface area contributed by atoms with E-state index in [2.05, 4.69) is 60.1 Å². The van der Waals surface area contributed by atoms with Crippen LogP contribution in [0.3, 0.4) is 0 Å². The molecule has 2 aromatic carbocycles. The van der Waals surface area contributed by atoms with Crippen LogP contribution in [0.1, 0.15) is 59.2 Å². The third-order valence-corrected chi connectivity index (χ3v) is 5.17. The fourth-order valence-electron chi connectivity index (χ4n) is 3.42. The minimum absolute atomic E-state index is 0.0870. The zero-order valence-electron chi connectivity index (χ0n) is 18.3. The average molecular weight is 417 g/mol. The molecule has 0 aliphatic rings. The molecule has 0 bridgehead atoms. The SMILES string of the molecule is Cc1cc(/C=N\NC(=O)c2ccc(C#N)cc2F)c(C)n1-c1ccc(C(C)(C)C)cc1. The van der Waals surface area contributed by atoms with E-state index < -0.39 is 11.7 Å². The summed E-state index contributed by atoms with van der Waals surface area (Å²) in [6.07, 6.45) is 1.54. The van der Waals surface area contributed by atoms with Crippen molar-refractivity contribution in [3.63, 3.8) is 0 Å². The van der Waals surface area contributed by atoms with Crippen LogP contribution in [0.25, 0.3) is 5.69 Å². The van der Waals surface area contributed by atoms with Gasteiger partial charge in [0.2, 0.25) is 0 Å². The van der Waals surface area contributed by atoms with Crippen LogP contribution in [-0.2, 0) is 5.41 Å². The number of hydrazone groups is 1. The van der Waals surface area contributed by atoms with Gasteiger partial charge in [-0.3, -0.25) is 4.79 Å². The van der Waals surface area contributed by atoms with Crippen molar-refractivity contribution < 1.29 is 9.18 Å². The van der Waals surface area contributed by atoms with E-state index >= 15 is 0 Å². The molecule has 0 aliphatic heterocycles. The molecule has 0 fully saturated rings. The highest BCUT2D eigenvalue weighted by Crippen LogP contribution is 2.25. The Labute approximate surface area is 181 Å². The van der Waals surface area contributed by atoms with Crippen molar-refractivity contribution in [2.75, 3.05) is 0 Å². The molecule has 158 valence electrons. The van der Waals surface area contributed by atoms with Crippen LogP contribution < -0.4 is 5.43 Å². The van der Waals surface area contributed by atoms with Gasteiger partial charge in [-0.2, -0.15) is 10.4 Å². The number of amides is 1. The number of carbonyl (C=O) groups is 1. The van der Waals surface area contributed by atoms with Crippen LogP contribution in [0.4, 0.5) is 4.39 Å². The lowest BCUT2D eigenvalue weighted by Crippen LogP contribution is -2.19. The van der Waals surface area contributed by atoms with E-state index in [1.165, 1.54) is 17.7 Å². The van der Waals surface area contributed by atoms with Crippen LogP contribution in [0.2, 0.25) is 0 Å². The van der Waals surface area contributed by atoms with Crippen molar-refractivity contribution in [3.8, 4) is 11.8 Å². The van der Waals surface area contributed by atoms with Crippen LogP contribution in [0, 0.1) is 31.0 Å². The standard InChI is InChI=1S/C25H25FN4O/c1-16-12-19(15-28-29-24(31)22-11-6-18(14-27)13-23(22)26)17(2)30(16)21-9-7-20(8-10-21)25(3,4)5/h6-13,15H,1-5H3,(H,29,31)/b28-15-. The summed E-state index contributed by atoms with van der Waals surface area (Å²) >= 11 is 0. The molecule has 0 saturated heterocycles. The molecular weight excluding hydrogens is 391 g/mol. The van der Waals surface area contributed by atoms with E-state index in [0.29, 0.717) is 0 Å². The minimum atomic E-state index is -0.761. The van der Waals surface area contributed by atoms with Crippen molar-refractivity contribution in [1.82, 2.24) is 9.99 Å². The predicted octanol–water partition coefficient (Wildman–Crippen LogP) is 5.17. The Morgan fingerprint density at radius 1 is 1.13 bits per heavy atom. The van der Waals surface area contributed by atoms with Crippen molar-refractivity contribution in [3.05, 3.63) is 88.0 Å². The monoisotopic (exact) mass is 416 g/mol. The van der Waals surface area contributed by atoms with Crippen molar-refractivity contribution in [1.29, 1.82) is 5.26 Å². The van der Waals surface area contributed by atoms with Gasteiger partial charge in [-0.05, 0) is 61.2 Å². The van der Waals surface area contributed by atoms with E-state index in [4.69, 9.17) is 5.26 Å². The third kappa shape index (κ3) is 4.72. The summed E-state index contributed by atoms with van der Waals surface area (Å²) in [4.78, 5) is 12.2. The van der Waals surface area contributed by atoms with Gasteiger partial charge in [-0.25, -0.2) is 9.82 Å². The first-order valence-electron chi connectivity index (χ1n) is 9.94. The number of benzene rings is 2. The average Bonchev–Trinajstić information content (AvgIpc) is 3.00. The highest BCUT2D eigenvalue weighted by molar-refractivity contribution is 5.95. The Hall–Kier alpha value is -3.72. The van der Waals surface area contributed by atoms with Crippen molar-refractivity contribution >= 4 is 12.1 Å². The maximum atomic E-state index is 14.0. The molecule has 0 radical (unpaired) electrons. The molecule has 31 heavy (non-hydrogen) atoms. The molecule has 1 aromatic heterocycles. The number of aromatic nitrogens is 1. The molecule has 1 amide bonds. The number of rotatable bonds is 4. The van der Waals surface area contributed by atoms with Gasteiger partial charge >= 0.3 is 0 Å². The number of aryl methyl sites for hydroxylation is 1. The number of nitriles is 1. The highest BCUT2D eigenvalue weighted by Gasteiger charge is 2.15. The van der Waals surface area contributed by atoms with Crippen LogP contribution in [-0.4, -0.2) is 16.7 Å². The van der Waals surface area contributed by atoms with E-state index in [0.717, 1.165) is 28.7 Å². The normalized spacial score (nSPS) is 11.5. The van der Waals surface area contributed by atoms with E-state index in [-0.39, 0.29) is 16.5 Å². The Bertz CT molecular complexity index is 1190. The fourth-order valence-corrected chi connectivity index (χ4v) is 3.42. The summed E-state index contributed by atoms with van der Waals surface area (Å²) in [7, 11) is 0. The molecule has 0 unspecified atom stereocenters. The topological polar surface area (TPSA) is 70.2 Å².